The molecule has 0 amide bonds. The topological polar surface area (TPSA) is 105 Å². The van der Waals surface area contributed by atoms with Crippen molar-refractivity contribution in [2.45, 2.75) is 83.8 Å². The van der Waals surface area contributed by atoms with Gasteiger partial charge in [-0.2, -0.15) is 0 Å². The van der Waals surface area contributed by atoms with E-state index in [1.807, 2.05) is 0 Å². The first kappa shape index (κ1) is 27.3. The third-order valence-electron chi connectivity index (χ3n) is 6.88. The van der Waals surface area contributed by atoms with Crippen LogP contribution >= 0.6 is 0 Å². The molecule has 1 aliphatic carbocycles. The summed E-state index contributed by atoms with van der Waals surface area (Å²) in [6.45, 7) is 2.29. The number of ether oxygens (including phenoxy) is 2. The Balaban J connectivity index is 1.38. The van der Waals surface area contributed by atoms with Gasteiger partial charge < -0.3 is 20.9 Å². The van der Waals surface area contributed by atoms with Crippen molar-refractivity contribution in [3.63, 3.8) is 0 Å². The number of anilines is 2. The first-order chi connectivity index (χ1) is 17.4. The fourth-order valence-electron chi connectivity index (χ4n) is 4.64. The first-order valence-corrected chi connectivity index (χ1v) is 13.2. The molecule has 0 saturated heterocycles. The van der Waals surface area contributed by atoms with Gasteiger partial charge in [0.25, 0.3) is 0 Å². The highest BCUT2D eigenvalue weighted by Crippen LogP contribution is 2.30. The van der Waals surface area contributed by atoms with Crippen LogP contribution < -0.4 is 11.5 Å². The normalized spacial score (nSPS) is 17.7. The minimum atomic E-state index is -0.489. The zero-order chi connectivity index (χ0) is 25.8. The molecule has 3 rings (SSSR count). The second-order valence-corrected chi connectivity index (χ2v) is 9.77. The lowest BCUT2D eigenvalue weighted by Crippen LogP contribution is -2.24. The Morgan fingerprint density at radius 3 is 2.39 bits per heavy atom. The maximum absolute atomic E-state index is 12.6. The summed E-state index contributed by atoms with van der Waals surface area (Å²) in [7, 11) is 0. The summed E-state index contributed by atoms with van der Waals surface area (Å²) in [4.78, 5) is 24.6. The molecule has 1 saturated carbocycles. The number of carbonyl (C=O) groups excluding carboxylic acids is 2. The second kappa shape index (κ2) is 14.3. The predicted molar refractivity (Wildman–Crippen MR) is 145 cm³/mol. The van der Waals surface area contributed by atoms with E-state index in [9.17, 15) is 9.59 Å². The van der Waals surface area contributed by atoms with Gasteiger partial charge in [0, 0.05) is 23.0 Å². The van der Waals surface area contributed by atoms with Crippen molar-refractivity contribution in [3.05, 3.63) is 65.2 Å². The molecule has 0 radical (unpaired) electrons. The van der Waals surface area contributed by atoms with Crippen LogP contribution in [0.15, 0.2) is 48.5 Å². The summed E-state index contributed by atoms with van der Waals surface area (Å²) >= 11 is 0. The Labute approximate surface area is 215 Å². The number of nitrogens with two attached hydrogens (primary N) is 2. The van der Waals surface area contributed by atoms with E-state index >= 15 is 0 Å². The quantitative estimate of drug-likeness (QED) is 0.148. The molecular weight excluding hydrogens is 452 g/mol. The minimum Gasteiger partial charge on any atom is -0.459 e. The minimum absolute atomic E-state index is 0.0113. The Morgan fingerprint density at radius 1 is 0.944 bits per heavy atom. The summed E-state index contributed by atoms with van der Waals surface area (Å²) in [5, 5.41) is 0. The van der Waals surface area contributed by atoms with Gasteiger partial charge in [-0.3, -0.25) is 0 Å². The smallest absolute Gasteiger partial charge is 0.338 e. The van der Waals surface area contributed by atoms with Gasteiger partial charge in [-0.05, 0) is 73.6 Å². The summed E-state index contributed by atoms with van der Waals surface area (Å²) in [5.41, 5.74) is 14.7. The zero-order valence-electron chi connectivity index (χ0n) is 21.4. The number of nitrogen functional groups attached to an aromatic ring is 2. The van der Waals surface area contributed by atoms with E-state index in [0.29, 0.717) is 22.5 Å². The molecule has 0 spiro atoms. The van der Waals surface area contributed by atoms with E-state index in [1.165, 1.54) is 44.6 Å². The van der Waals surface area contributed by atoms with Gasteiger partial charge in [0.2, 0.25) is 0 Å². The Morgan fingerprint density at radius 2 is 1.67 bits per heavy atom. The largest absolute Gasteiger partial charge is 0.459 e. The van der Waals surface area contributed by atoms with E-state index in [2.05, 4.69) is 6.92 Å². The Bertz CT molecular complexity index is 1010. The van der Waals surface area contributed by atoms with Gasteiger partial charge in [-0.25, -0.2) is 9.59 Å². The van der Waals surface area contributed by atoms with Crippen molar-refractivity contribution in [2.24, 2.45) is 5.92 Å². The van der Waals surface area contributed by atoms with Crippen LogP contribution in [0.5, 0.6) is 0 Å². The summed E-state index contributed by atoms with van der Waals surface area (Å²) in [6.07, 6.45) is 15.2. The summed E-state index contributed by atoms with van der Waals surface area (Å²) in [6, 6.07) is 12.1. The van der Waals surface area contributed by atoms with Crippen LogP contribution in [0, 0.1) is 5.92 Å². The lowest BCUT2D eigenvalue weighted by molar-refractivity contribution is -0.138. The van der Waals surface area contributed by atoms with Crippen LogP contribution in [-0.4, -0.2) is 18.0 Å². The second-order valence-electron chi connectivity index (χ2n) is 9.77. The number of unbranched alkanes of at least 4 members (excludes halogenated alkanes) is 4. The van der Waals surface area contributed by atoms with E-state index in [4.69, 9.17) is 20.9 Å². The molecule has 2 aromatic rings. The highest BCUT2D eigenvalue weighted by atomic mass is 16.5. The van der Waals surface area contributed by atoms with Crippen LogP contribution in [0.25, 0.3) is 6.08 Å². The van der Waals surface area contributed by atoms with Crippen LogP contribution in [0.2, 0.25) is 0 Å². The third-order valence-corrected chi connectivity index (χ3v) is 6.88. The molecular formula is C30H40N2O4. The first-order valence-electron chi connectivity index (χ1n) is 13.2. The molecule has 0 bridgehead atoms. The van der Waals surface area contributed by atoms with Crippen molar-refractivity contribution in [3.8, 4) is 0 Å². The maximum Gasteiger partial charge on any atom is 0.338 e. The van der Waals surface area contributed by atoms with E-state index in [0.717, 1.165) is 37.2 Å². The van der Waals surface area contributed by atoms with Crippen LogP contribution in [0.3, 0.4) is 0 Å². The highest BCUT2D eigenvalue weighted by Gasteiger charge is 2.24. The van der Waals surface area contributed by atoms with Gasteiger partial charge in [0.05, 0.1) is 5.56 Å². The van der Waals surface area contributed by atoms with E-state index < -0.39 is 5.97 Å². The van der Waals surface area contributed by atoms with Gasteiger partial charge in [-0.1, -0.05) is 57.6 Å². The lowest BCUT2D eigenvalue weighted by atomic mass is 9.84. The van der Waals surface area contributed by atoms with Crippen molar-refractivity contribution >= 4 is 29.4 Å². The molecule has 0 heterocycles. The molecule has 2 aromatic carbocycles. The average Bonchev–Trinajstić information content (AvgIpc) is 2.89. The molecule has 194 valence electrons. The van der Waals surface area contributed by atoms with Crippen molar-refractivity contribution in [1.82, 2.24) is 0 Å². The van der Waals surface area contributed by atoms with Crippen molar-refractivity contribution in [2.75, 3.05) is 11.5 Å². The maximum atomic E-state index is 12.6. The third kappa shape index (κ3) is 9.06. The molecule has 0 aliphatic heterocycles. The summed E-state index contributed by atoms with van der Waals surface area (Å²) < 4.78 is 11.0. The number of carbonyl (C=O) groups is 2. The number of rotatable bonds is 12. The highest BCUT2D eigenvalue weighted by molar-refractivity contribution is 5.90. The molecule has 1 fully saturated rings. The molecule has 0 atom stereocenters. The average molecular weight is 493 g/mol. The van der Waals surface area contributed by atoms with Gasteiger partial charge in [0.15, 0.2) is 0 Å². The molecule has 6 nitrogen and oxygen atoms in total. The monoisotopic (exact) mass is 492 g/mol. The number of hydrogen-bond donors (Lipinski definition) is 2. The molecule has 6 heteroatoms. The number of hydrogen-bond acceptors (Lipinski definition) is 6. The van der Waals surface area contributed by atoms with E-state index in [-0.39, 0.29) is 18.7 Å². The van der Waals surface area contributed by atoms with Crippen molar-refractivity contribution in [1.29, 1.82) is 0 Å². The summed E-state index contributed by atoms with van der Waals surface area (Å²) in [5.74, 6) is 0.00655. The molecule has 1 aliphatic rings. The van der Waals surface area contributed by atoms with Crippen molar-refractivity contribution < 1.29 is 19.1 Å². The standard InChI is InChI=1S/C30H40N2O4/c1-2-3-4-5-6-7-22-10-16-27(17-11-22)36-30(34)24-13-8-23(9-14-24)12-19-29(33)35-21-25-20-26(31)15-18-28(25)32/h8-9,12-15,18-20,22,27H,2-7,10-11,16-17,21,31-32H2,1H3/b19-12+. The molecule has 4 N–H and O–H groups in total. The predicted octanol–water partition coefficient (Wildman–Crippen LogP) is 6.68. The van der Waals surface area contributed by atoms with Gasteiger partial charge in [-0.15, -0.1) is 0 Å². The van der Waals surface area contributed by atoms with Gasteiger partial charge >= 0.3 is 11.9 Å². The van der Waals surface area contributed by atoms with Gasteiger partial charge in [0.1, 0.15) is 12.7 Å². The molecule has 36 heavy (non-hydrogen) atoms. The fourth-order valence-corrected chi connectivity index (χ4v) is 4.64. The van der Waals surface area contributed by atoms with E-state index in [1.54, 1.807) is 48.5 Å². The van der Waals surface area contributed by atoms with Crippen LogP contribution in [0.4, 0.5) is 11.4 Å². The van der Waals surface area contributed by atoms with Crippen LogP contribution in [0.1, 0.15) is 92.6 Å². The zero-order valence-corrected chi connectivity index (χ0v) is 21.4. The fraction of sp³-hybridized carbons (Fsp3) is 0.467. The number of benzene rings is 2. The molecule has 0 aromatic heterocycles. The van der Waals surface area contributed by atoms with Crippen LogP contribution in [-0.2, 0) is 20.9 Å². The lowest BCUT2D eigenvalue weighted by Gasteiger charge is -2.28. The Kier molecular flexibility index (Phi) is 10.9. The SMILES string of the molecule is CCCCCCCC1CCC(OC(=O)c2ccc(/C=C/C(=O)OCc3cc(N)ccc3N)cc2)CC1. The number of esters is 2. The Hall–Kier alpha value is -3.28. The molecule has 0 unspecified atom stereocenters.